The van der Waals surface area contributed by atoms with Gasteiger partial charge in [-0.2, -0.15) is 11.8 Å². The first-order valence-electron chi connectivity index (χ1n) is 4.29. The minimum atomic E-state index is -0.429. The summed E-state index contributed by atoms with van der Waals surface area (Å²) in [6.45, 7) is 1.84. The Morgan fingerprint density at radius 3 is 2.87 bits per heavy atom. The van der Waals surface area contributed by atoms with Crippen LogP contribution in [0.1, 0.15) is 5.56 Å². The number of benzene rings is 1. The van der Waals surface area contributed by atoms with Crippen LogP contribution in [0.3, 0.4) is 0 Å². The summed E-state index contributed by atoms with van der Waals surface area (Å²) >= 11 is 4.62. The average Bonchev–Trinajstić information content (AvgIpc) is 2.14. The minimum absolute atomic E-state index is 0.192. The topological polar surface area (TPSA) is 29.1 Å². The summed E-state index contributed by atoms with van der Waals surface area (Å²) in [5.74, 6) is -0.292. The summed E-state index contributed by atoms with van der Waals surface area (Å²) in [6, 6.07) is 2.96. The highest BCUT2D eigenvalue weighted by molar-refractivity contribution is 9.10. The Balaban J connectivity index is 2.86. The van der Waals surface area contributed by atoms with Gasteiger partial charge in [-0.05, 0) is 30.9 Å². The van der Waals surface area contributed by atoms with Gasteiger partial charge in [0, 0.05) is 4.47 Å². The Morgan fingerprint density at radius 1 is 1.60 bits per heavy atom. The molecule has 0 bridgehead atoms. The van der Waals surface area contributed by atoms with E-state index in [9.17, 15) is 9.18 Å². The van der Waals surface area contributed by atoms with Crippen LogP contribution in [-0.4, -0.2) is 17.9 Å². The van der Waals surface area contributed by atoms with Crippen LogP contribution in [-0.2, 0) is 4.79 Å². The van der Waals surface area contributed by atoms with Crippen molar-refractivity contribution in [3.63, 3.8) is 0 Å². The zero-order chi connectivity index (χ0) is 11.4. The zero-order valence-electron chi connectivity index (χ0n) is 8.43. The first-order valence-corrected chi connectivity index (χ1v) is 6.47. The third kappa shape index (κ3) is 3.50. The molecule has 0 saturated carbocycles. The number of halogens is 2. The molecule has 5 heteroatoms. The Bertz CT molecular complexity index is 384. The Labute approximate surface area is 101 Å². The van der Waals surface area contributed by atoms with Gasteiger partial charge in [0.2, 0.25) is 5.91 Å². The van der Waals surface area contributed by atoms with Crippen LogP contribution in [0.15, 0.2) is 16.6 Å². The largest absolute Gasteiger partial charge is 0.323 e. The fourth-order valence-corrected chi connectivity index (χ4v) is 1.72. The molecule has 1 amide bonds. The van der Waals surface area contributed by atoms with Gasteiger partial charge in [-0.15, -0.1) is 0 Å². The maximum absolute atomic E-state index is 13.4. The molecule has 0 saturated heterocycles. The molecule has 0 aliphatic heterocycles. The number of anilines is 1. The van der Waals surface area contributed by atoms with Crippen molar-refractivity contribution in [3.8, 4) is 0 Å². The van der Waals surface area contributed by atoms with Crippen molar-refractivity contribution in [1.82, 2.24) is 0 Å². The molecule has 0 aliphatic rings. The standard InChI is InChI=1S/C10H11BrFNOS/c1-6-3-9(8(12)4-7(6)11)13-10(14)5-15-2/h3-4H,5H2,1-2H3,(H,13,14). The molecule has 0 radical (unpaired) electrons. The lowest BCUT2D eigenvalue weighted by Crippen LogP contribution is -2.15. The second-order valence-electron chi connectivity index (χ2n) is 3.06. The maximum atomic E-state index is 13.4. The number of amides is 1. The molecule has 0 heterocycles. The molecule has 82 valence electrons. The van der Waals surface area contributed by atoms with E-state index in [1.165, 1.54) is 17.8 Å². The van der Waals surface area contributed by atoms with Crippen molar-refractivity contribution in [2.24, 2.45) is 0 Å². The first-order chi connectivity index (χ1) is 7.04. The molecule has 1 rings (SSSR count). The predicted octanol–water partition coefficient (Wildman–Crippen LogP) is 3.20. The number of carbonyl (C=O) groups excluding carboxylic acids is 1. The molecule has 0 aromatic heterocycles. The second kappa shape index (κ2) is 5.51. The first kappa shape index (κ1) is 12.5. The lowest BCUT2D eigenvalue weighted by atomic mass is 10.2. The molecule has 2 nitrogen and oxygen atoms in total. The highest BCUT2D eigenvalue weighted by Crippen LogP contribution is 2.23. The van der Waals surface area contributed by atoms with E-state index >= 15 is 0 Å². The number of carbonyl (C=O) groups is 1. The predicted molar refractivity (Wildman–Crippen MR) is 65.8 cm³/mol. The highest BCUT2D eigenvalue weighted by atomic mass is 79.9. The lowest BCUT2D eigenvalue weighted by Gasteiger charge is -2.07. The van der Waals surface area contributed by atoms with Crippen LogP contribution in [0, 0.1) is 12.7 Å². The molecular formula is C10H11BrFNOS. The average molecular weight is 292 g/mol. The van der Waals surface area contributed by atoms with Crippen LogP contribution in [0.2, 0.25) is 0 Å². The summed E-state index contributed by atoms with van der Waals surface area (Å²) in [5, 5.41) is 2.52. The molecule has 1 aromatic carbocycles. The highest BCUT2D eigenvalue weighted by Gasteiger charge is 2.08. The normalized spacial score (nSPS) is 10.1. The Morgan fingerprint density at radius 2 is 2.27 bits per heavy atom. The van der Waals surface area contributed by atoms with E-state index in [0.717, 1.165) is 5.56 Å². The maximum Gasteiger partial charge on any atom is 0.234 e. The fraction of sp³-hybridized carbons (Fsp3) is 0.300. The second-order valence-corrected chi connectivity index (χ2v) is 4.78. The monoisotopic (exact) mass is 291 g/mol. The van der Waals surface area contributed by atoms with Gasteiger partial charge in [0.1, 0.15) is 5.82 Å². The third-order valence-corrected chi connectivity index (χ3v) is 3.20. The van der Waals surface area contributed by atoms with E-state index in [1.54, 1.807) is 6.07 Å². The summed E-state index contributed by atoms with van der Waals surface area (Å²) in [4.78, 5) is 11.3. The van der Waals surface area contributed by atoms with Crippen LogP contribution >= 0.6 is 27.7 Å². The summed E-state index contributed by atoms with van der Waals surface area (Å²) in [7, 11) is 0. The molecule has 1 N–H and O–H groups in total. The molecule has 0 aliphatic carbocycles. The molecule has 0 fully saturated rings. The molecule has 0 unspecified atom stereocenters. The number of hydrogen-bond donors (Lipinski definition) is 1. The van der Waals surface area contributed by atoms with Crippen molar-refractivity contribution in [2.75, 3.05) is 17.3 Å². The van der Waals surface area contributed by atoms with Gasteiger partial charge >= 0.3 is 0 Å². The van der Waals surface area contributed by atoms with Gasteiger partial charge in [-0.1, -0.05) is 15.9 Å². The smallest absolute Gasteiger partial charge is 0.234 e. The number of aryl methyl sites for hydroxylation is 1. The van der Waals surface area contributed by atoms with Crippen LogP contribution in [0.25, 0.3) is 0 Å². The van der Waals surface area contributed by atoms with Crippen molar-refractivity contribution in [3.05, 3.63) is 28.0 Å². The van der Waals surface area contributed by atoms with E-state index < -0.39 is 5.82 Å². The van der Waals surface area contributed by atoms with Crippen molar-refractivity contribution in [1.29, 1.82) is 0 Å². The van der Waals surface area contributed by atoms with Crippen LogP contribution in [0.5, 0.6) is 0 Å². The quantitative estimate of drug-likeness (QED) is 0.927. The van der Waals surface area contributed by atoms with E-state index in [4.69, 9.17) is 0 Å². The van der Waals surface area contributed by atoms with Gasteiger partial charge in [0.05, 0.1) is 11.4 Å². The van der Waals surface area contributed by atoms with Crippen LogP contribution in [0.4, 0.5) is 10.1 Å². The van der Waals surface area contributed by atoms with Crippen LogP contribution < -0.4 is 5.32 Å². The van der Waals surface area contributed by atoms with Gasteiger partial charge in [0.25, 0.3) is 0 Å². The molecule has 1 aromatic rings. The third-order valence-electron chi connectivity index (χ3n) is 1.80. The number of nitrogens with one attached hydrogen (secondary N) is 1. The van der Waals surface area contributed by atoms with Gasteiger partial charge in [-0.3, -0.25) is 4.79 Å². The zero-order valence-corrected chi connectivity index (χ0v) is 10.8. The van der Waals surface area contributed by atoms with Gasteiger partial charge in [0.15, 0.2) is 0 Å². The number of hydrogen-bond acceptors (Lipinski definition) is 2. The van der Waals surface area contributed by atoms with Crippen molar-refractivity contribution >= 4 is 39.3 Å². The van der Waals surface area contributed by atoms with E-state index in [-0.39, 0.29) is 11.6 Å². The minimum Gasteiger partial charge on any atom is -0.323 e. The number of rotatable bonds is 3. The number of thioether (sulfide) groups is 1. The van der Waals surface area contributed by atoms with Gasteiger partial charge < -0.3 is 5.32 Å². The SMILES string of the molecule is CSCC(=O)Nc1cc(C)c(Br)cc1F. The van der Waals surface area contributed by atoms with Crippen molar-refractivity contribution < 1.29 is 9.18 Å². The molecule has 0 atom stereocenters. The van der Waals surface area contributed by atoms with E-state index in [1.807, 2.05) is 13.2 Å². The van der Waals surface area contributed by atoms with Gasteiger partial charge in [-0.25, -0.2) is 4.39 Å². The summed E-state index contributed by atoms with van der Waals surface area (Å²) < 4.78 is 14.1. The lowest BCUT2D eigenvalue weighted by molar-refractivity contribution is -0.113. The van der Waals surface area contributed by atoms with E-state index in [0.29, 0.717) is 10.2 Å². The molecule has 15 heavy (non-hydrogen) atoms. The molecular weight excluding hydrogens is 281 g/mol. The van der Waals surface area contributed by atoms with Crippen molar-refractivity contribution in [2.45, 2.75) is 6.92 Å². The summed E-state index contributed by atoms with van der Waals surface area (Å²) in [5.41, 5.74) is 1.12. The Kier molecular flexibility index (Phi) is 4.60. The van der Waals surface area contributed by atoms with E-state index in [2.05, 4.69) is 21.2 Å². The molecule has 0 spiro atoms. The Hall–Kier alpha value is -0.550. The fourth-order valence-electron chi connectivity index (χ4n) is 1.07. The summed E-state index contributed by atoms with van der Waals surface area (Å²) in [6.07, 6.45) is 1.82.